The molecule has 13 heavy (non-hydrogen) atoms. The Morgan fingerprint density at radius 1 is 0.538 bits per heavy atom. The number of rotatable bonds is 0. The molecule has 0 radical (unpaired) electrons. The Morgan fingerprint density at radius 3 is 0.923 bits per heavy atom. The summed E-state index contributed by atoms with van der Waals surface area (Å²) in [7, 11) is 0. The van der Waals surface area contributed by atoms with Crippen molar-refractivity contribution >= 4 is 0 Å². The third kappa shape index (κ3) is 6.55. The third-order valence-corrected chi connectivity index (χ3v) is 0.955. The molecule has 0 aliphatic rings. The van der Waals surface area contributed by atoms with Crippen molar-refractivity contribution in [3.05, 3.63) is 49.6 Å². The SMILES string of the molecule is C.c1cncnc1.c1cncnc1. The van der Waals surface area contributed by atoms with E-state index in [1.54, 1.807) is 36.9 Å². The molecule has 0 amide bonds. The van der Waals surface area contributed by atoms with E-state index in [9.17, 15) is 0 Å². The van der Waals surface area contributed by atoms with Gasteiger partial charge >= 0.3 is 0 Å². The van der Waals surface area contributed by atoms with Crippen molar-refractivity contribution in [3.63, 3.8) is 0 Å². The van der Waals surface area contributed by atoms with Gasteiger partial charge in [-0.05, 0) is 12.1 Å². The molecule has 0 atom stereocenters. The standard InChI is InChI=1S/2C4H4N2.CH4/c2*1-2-5-4-6-3-1;/h2*1-4H;1H4. The van der Waals surface area contributed by atoms with Gasteiger partial charge in [0, 0.05) is 24.8 Å². The van der Waals surface area contributed by atoms with Crippen molar-refractivity contribution in [2.75, 3.05) is 0 Å². The molecule has 2 aromatic heterocycles. The first-order valence-corrected chi connectivity index (χ1v) is 3.40. The van der Waals surface area contributed by atoms with Crippen molar-refractivity contribution in [2.45, 2.75) is 7.43 Å². The van der Waals surface area contributed by atoms with Gasteiger partial charge < -0.3 is 0 Å². The molecule has 0 fully saturated rings. The molecule has 0 spiro atoms. The summed E-state index contributed by atoms with van der Waals surface area (Å²) in [6.07, 6.45) is 9.75. The summed E-state index contributed by atoms with van der Waals surface area (Å²) < 4.78 is 0. The molecule has 0 saturated carbocycles. The molecule has 2 rings (SSSR count). The minimum atomic E-state index is 0. The van der Waals surface area contributed by atoms with Crippen LogP contribution in [0.2, 0.25) is 0 Å². The van der Waals surface area contributed by atoms with E-state index in [1.165, 1.54) is 12.7 Å². The van der Waals surface area contributed by atoms with Crippen molar-refractivity contribution in [1.82, 2.24) is 19.9 Å². The van der Waals surface area contributed by atoms with E-state index >= 15 is 0 Å². The van der Waals surface area contributed by atoms with E-state index in [0.717, 1.165) is 0 Å². The smallest absolute Gasteiger partial charge is 0.115 e. The summed E-state index contributed by atoms with van der Waals surface area (Å²) >= 11 is 0. The highest BCUT2D eigenvalue weighted by molar-refractivity contribution is 4.74. The van der Waals surface area contributed by atoms with Crippen LogP contribution in [0.4, 0.5) is 0 Å². The first-order chi connectivity index (χ1) is 6.00. The second-order valence-electron chi connectivity index (χ2n) is 1.81. The van der Waals surface area contributed by atoms with Crippen molar-refractivity contribution in [3.8, 4) is 0 Å². The molecular formula is C9H12N4. The summed E-state index contributed by atoms with van der Waals surface area (Å²) in [4.78, 5) is 14.7. The van der Waals surface area contributed by atoms with E-state index in [0.29, 0.717) is 0 Å². The van der Waals surface area contributed by atoms with Gasteiger partial charge in [-0.3, -0.25) is 0 Å². The van der Waals surface area contributed by atoms with E-state index < -0.39 is 0 Å². The lowest BCUT2D eigenvalue weighted by Gasteiger charge is -1.70. The molecule has 4 nitrogen and oxygen atoms in total. The van der Waals surface area contributed by atoms with Crippen LogP contribution in [0.1, 0.15) is 7.43 Å². The maximum absolute atomic E-state index is 3.67. The average Bonchev–Trinajstić information content (AvgIpc) is 2.24. The zero-order chi connectivity index (χ0) is 8.49. The summed E-state index contributed by atoms with van der Waals surface area (Å²) in [5.41, 5.74) is 0. The highest BCUT2D eigenvalue weighted by Crippen LogP contribution is 1.67. The van der Waals surface area contributed by atoms with E-state index in [-0.39, 0.29) is 7.43 Å². The molecular weight excluding hydrogens is 164 g/mol. The fourth-order valence-corrected chi connectivity index (χ4v) is 0.507. The lowest BCUT2D eigenvalue weighted by Crippen LogP contribution is -1.66. The minimum Gasteiger partial charge on any atom is -0.245 e. The van der Waals surface area contributed by atoms with Crippen molar-refractivity contribution in [2.24, 2.45) is 0 Å². The Balaban J connectivity index is 0.000000206. The Labute approximate surface area is 77.7 Å². The van der Waals surface area contributed by atoms with Crippen LogP contribution in [0.15, 0.2) is 49.6 Å². The number of nitrogens with zero attached hydrogens (tertiary/aromatic N) is 4. The largest absolute Gasteiger partial charge is 0.245 e. The second kappa shape index (κ2) is 8.26. The Bertz CT molecular complexity index is 187. The number of aromatic nitrogens is 4. The number of hydrogen-bond acceptors (Lipinski definition) is 4. The van der Waals surface area contributed by atoms with Crippen LogP contribution in [-0.4, -0.2) is 19.9 Å². The van der Waals surface area contributed by atoms with Crippen LogP contribution in [0.5, 0.6) is 0 Å². The Kier molecular flexibility index (Phi) is 7.09. The van der Waals surface area contributed by atoms with Crippen molar-refractivity contribution < 1.29 is 0 Å². The lowest BCUT2D eigenvalue weighted by molar-refractivity contribution is 1.17. The molecule has 68 valence electrons. The fraction of sp³-hybridized carbons (Fsp3) is 0.111. The monoisotopic (exact) mass is 176 g/mol. The molecule has 0 aliphatic carbocycles. The Hall–Kier alpha value is -1.84. The molecule has 0 aromatic carbocycles. The van der Waals surface area contributed by atoms with E-state index in [4.69, 9.17) is 0 Å². The van der Waals surface area contributed by atoms with Crippen LogP contribution in [0, 0.1) is 0 Å². The summed E-state index contributed by atoms with van der Waals surface area (Å²) in [5, 5.41) is 0. The zero-order valence-electron chi connectivity index (χ0n) is 6.41. The highest BCUT2D eigenvalue weighted by Gasteiger charge is 1.59. The van der Waals surface area contributed by atoms with Crippen LogP contribution >= 0.6 is 0 Å². The van der Waals surface area contributed by atoms with Crippen LogP contribution in [0.3, 0.4) is 0 Å². The molecule has 0 unspecified atom stereocenters. The minimum absolute atomic E-state index is 0. The van der Waals surface area contributed by atoms with Gasteiger partial charge in [-0.2, -0.15) is 0 Å². The maximum atomic E-state index is 3.67. The van der Waals surface area contributed by atoms with Gasteiger partial charge in [0.2, 0.25) is 0 Å². The van der Waals surface area contributed by atoms with Crippen LogP contribution in [0.25, 0.3) is 0 Å². The zero-order valence-corrected chi connectivity index (χ0v) is 6.41. The van der Waals surface area contributed by atoms with Crippen LogP contribution in [-0.2, 0) is 0 Å². The average molecular weight is 176 g/mol. The van der Waals surface area contributed by atoms with Crippen molar-refractivity contribution in [1.29, 1.82) is 0 Å². The third-order valence-electron chi connectivity index (χ3n) is 0.955. The highest BCUT2D eigenvalue weighted by atomic mass is 14.8. The first kappa shape index (κ1) is 11.2. The molecule has 0 saturated heterocycles. The van der Waals surface area contributed by atoms with Gasteiger partial charge in [-0.1, -0.05) is 7.43 Å². The summed E-state index contributed by atoms with van der Waals surface area (Å²) in [5.74, 6) is 0. The van der Waals surface area contributed by atoms with Gasteiger partial charge in [-0.25, -0.2) is 19.9 Å². The van der Waals surface area contributed by atoms with Gasteiger partial charge in [-0.15, -0.1) is 0 Å². The summed E-state index contributed by atoms with van der Waals surface area (Å²) in [6, 6.07) is 3.56. The normalized spacial score (nSPS) is 7.38. The first-order valence-electron chi connectivity index (χ1n) is 3.40. The predicted octanol–water partition coefficient (Wildman–Crippen LogP) is 1.59. The lowest BCUT2D eigenvalue weighted by atomic mass is 10.7. The second-order valence-corrected chi connectivity index (χ2v) is 1.81. The molecule has 0 N–H and O–H groups in total. The molecule has 2 aromatic rings. The topological polar surface area (TPSA) is 51.6 Å². The number of hydrogen-bond donors (Lipinski definition) is 0. The summed E-state index contributed by atoms with van der Waals surface area (Å²) in [6.45, 7) is 0. The van der Waals surface area contributed by atoms with Crippen LogP contribution < -0.4 is 0 Å². The molecule has 0 aliphatic heterocycles. The fourth-order valence-electron chi connectivity index (χ4n) is 0.507. The Morgan fingerprint density at radius 2 is 0.846 bits per heavy atom. The van der Waals surface area contributed by atoms with Gasteiger partial charge in [0.05, 0.1) is 0 Å². The van der Waals surface area contributed by atoms with E-state index in [2.05, 4.69) is 19.9 Å². The predicted molar refractivity (Wildman–Crippen MR) is 50.8 cm³/mol. The van der Waals surface area contributed by atoms with Gasteiger partial charge in [0.1, 0.15) is 12.7 Å². The molecule has 4 heteroatoms. The van der Waals surface area contributed by atoms with Gasteiger partial charge in [0.25, 0.3) is 0 Å². The molecule has 0 bridgehead atoms. The maximum Gasteiger partial charge on any atom is 0.115 e. The molecule has 2 heterocycles. The van der Waals surface area contributed by atoms with E-state index in [1.807, 2.05) is 0 Å². The van der Waals surface area contributed by atoms with Gasteiger partial charge in [0.15, 0.2) is 0 Å². The quantitative estimate of drug-likeness (QED) is 0.611.